The van der Waals surface area contributed by atoms with Crippen LogP contribution in [0.2, 0.25) is 10.0 Å². The molecule has 2 nitrogen and oxygen atoms in total. The first-order chi connectivity index (χ1) is 9.60. The molecule has 0 spiro atoms. The Balaban J connectivity index is 2.09. The average Bonchev–Trinajstić information content (AvgIpc) is 2.45. The minimum atomic E-state index is 0.604. The molecule has 0 aliphatic rings. The molecule has 106 valence electrons. The van der Waals surface area contributed by atoms with Crippen LogP contribution in [-0.4, -0.2) is 11.4 Å². The van der Waals surface area contributed by atoms with Crippen LogP contribution in [0, 0.1) is 0 Å². The number of benzene rings is 2. The second-order valence-corrected chi connectivity index (χ2v) is 5.54. The third-order valence-electron chi connectivity index (χ3n) is 3.26. The molecule has 0 amide bonds. The molecule has 0 radical (unpaired) electrons. The van der Waals surface area contributed by atoms with Crippen LogP contribution in [0.5, 0.6) is 0 Å². The van der Waals surface area contributed by atoms with Crippen LogP contribution in [0.4, 0.5) is 5.69 Å². The normalized spacial score (nSPS) is 11.0. The summed E-state index contributed by atoms with van der Waals surface area (Å²) in [5.41, 5.74) is 8.78. The molecule has 4 heteroatoms. The van der Waals surface area contributed by atoms with Crippen molar-refractivity contribution in [1.82, 2.24) is 4.90 Å². The zero-order chi connectivity index (χ0) is 14.5. The van der Waals surface area contributed by atoms with Crippen molar-refractivity contribution < 1.29 is 0 Å². The second kappa shape index (κ2) is 6.98. The summed E-state index contributed by atoms with van der Waals surface area (Å²) in [5, 5.41) is 1.25. The molecule has 0 saturated carbocycles. The molecule has 20 heavy (non-hydrogen) atoms. The van der Waals surface area contributed by atoms with Crippen molar-refractivity contribution in [1.29, 1.82) is 0 Å². The molecule has 0 aliphatic heterocycles. The molecule has 0 atom stereocenters. The summed E-state index contributed by atoms with van der Waals surface area (Å²) in [6.45, 7) is 4.71. The molecule has 0 unspecified atom stereocenters. The van der Waals surface area contributed by atoms with Crippen molar-refractivity contribution in [3.05, 3.63) is 63.6 Å². The fourth-order valence-corrected chi connectivity index (χ4v) is 2.45. The Bertz CT molecular complexity index is 567. The highest BCUT2D eigenvalue weighted by Gasteiger charge is 2.09. The highest BCUT2D eigenvalue weighted by molar-refractivity contribution is 6.42. The number of nitrogens with two attached hydrogens (primary N) is 1. The lowest BCUT2D eigenvalue weighted by atomic mass is 10.1. The van der Waals surface area contributed by atoms with Gasteiger partial charge in [-0.3, -0.25) is 4.90 Å². The summed E-state index contributed by atoms with van der Waals surface area (Å²) in [7, 11) is 0. The maximum absolute atomic E-state index is 6.24. The summed E-state index contributed by atoms with van der Waals surface area (Å²) >= 11 is 12.3. The van der Waals surface area contributed by atoms with E-state index in [4.69, 9.17) is 28.9 Å². The van der Waals surface area contributed by atoms with E-state index in [1.807, 2.05) is 30.3 Å². The van der Waals surface area contributed by atoms with Crippen LogP contribution < -0.4 is 5.73 Å². The van der Waals surface area contributed by atoms with E-state index in [-0.39, 0.29) is 0 Å². The highest BCUT2D eigenvalue weighted by atomic mass is 35.5. The van der Waals surface area contributed by atoms with E-state index in [1.54, 1.807) is 0 Å². The molecule has 2 N–H and O–H groups in total. The predicted octanol–water partition coefficient (Wildman–Crippen LogP) is 4.60. The molecule has 2 aromatic carbocycles. The predicted molar refractivity (Wildman–Crippen MR) is 87.1 cm³/mol. The fraction of sp³-hybridized carbons (Fsp3) is 0.250. The van der Waals surface area contributed by atoms with Crippen LogP contribution in [0.1, 0.15) is 18.1 Å². The Morgan fingerprint density at radius 3 is 2.35 bits per heavy atom. The van der Waals surface area contributed by atoms with E-state index in [2.05, 4.69) is 24.0 Å². The molecule has 0 bridgehead atoms. The van der Waals surface area contributed by atoms with Crippen LogP contribution in [0.3, 0.4) is 0 Å². The molecule has 0 aliphatic carbocycles. The molecule has 0 heterocycles. The minimum Gasteiger partial charge on any atom is -0.399 e. The average molecular weight is 309 g/mol. The number of hydrogen-bond acceptors (Lipinski definition) is 2. The Morgan fingerprint density at radius 2 is 1.70 bits per heavy atom. The number of anilines is 1. The zero-order valence-electron chi connectivity index (χ0n) is 11.4. The van der Waals surface area contributed by atoms with Gasteiger partial charge in [0.1, 0.15) is 0 Å². The molecule has 2 aromatic rings. The highest BCUT2D eigenvalue weighted by Crippen LogP contribution is 2.26. The summed E-state index contributed by atoms with van der Waals surface area (Å²) in [6.07, 6.45) is 0. The monoisotopic (exact) mass is 308 g/mol. The van der Waals surface area contributed by atoms with Gasteiger partial charge in [0.2, 0.25) is 0 Å². The van der Waals surface area contributed by atoms with Crippen LogP contribution in [0.15, 0.2) is 42.5 Å². The maximum Gasteiger partial charge on any atom is 0.0637 e. The molecular formula is C16H18Cl2N2. The number of nitrogen functional groups attached to an aromatic ring is 1. The van der Waals surface area contributed by atoms with Crippen LogP contribution >= 0.6 is 23.2 Å². The first kappa shape index (κ1) is 15.2. The van der Waals surface area contributed by atoms with E-state index < -0.39 is 0 Å². The van der Waals surface area contributed by atoms with Gasteiger partial charge in [-0.2, -0.15) is 0 Å². The van der Waals surface area contributed by atoms with Crippen molar-refractivity contribution in [3.8, 4) is 0 Å². The zero-order valence-corrected chi connectivity index (χ0v) is 13.0. The quantitative estimate of drug-likeness (QED) is 0.818. The van der Waals surface area contributed by atoms with Crippen molar-refractivity contribution in [2.75, 3.05) is 12.3 Å². The van der Waals surface area contributed by atoms with Crippen molar-refractivity contribution >= 4 is 28.9 Å². The smallest absolute Gasteiger partial charge is 0.0637 e. The van der Waals surface area contributed by atoms with Gasteiger partial charge in [0.25, 0.3) is 0 Å². The van der Waals surface area contributed by atoms with Gasteiger partial charge < -0.3 is 5.73 Å². The van der Waals surface area contributed by atoms with Gasteiger partial charge in [-0.15, -0.1) is 0 Å². The topological polar surface area (TPSA) is 29.3 Å². The third-order valence-corrected chi connectivity index (χ3v) is 4.12. The lowest BCUT2D eigenvalue weighted by Gasteiger charge is -2.21. The molecule has 0 fully saturated rings. The number of halogens is 2. The largest absolute Gasteiger partial charge is 0.399 e. The Labute approximate surface area is 130 Å². The lowest BCUT2D eigenvalue weighted by Crippen LogP contribution is -2.22. The van der Waals surface area contributed by atoms with E-state index in [0.717, 1.165) is 30.9 Å². The standard InChI is InChI=1S/C16H18Cl2N2/c1-2-20(10-12-6-8-14(19)9-7-12)11-13-4-3-5-15(17)16(13)18/h3-9H,2,10-11,19H2,1H3. The SMILES string of the molecule is CCN(Cc1ccc(N)cc1)Cc1cccc(Cl)c1Cl. The van der Waals surface area contributed by atoms with Gasteiger partial charge >= 0.3 is 0 Å². The first-order valence-corrected chi connectivity index (χ1v) is 7.35. The molecule has 0 saturated heterocycles. The van der Waals surface area contributed by atoms with Gasteiger partial charge in [-0.1, -0.05) is 54.4 Å². The Kier molecular flexibility index (Phi) is 5.30. The lowest BCUT2D eigenvalue weighted by molar-refractivity contribution is 0.271. The van der Waals surface area contributed by atoms with E-state index in [9.17, 15) is 0 Å². The first-order valence-electron chi connectivity index (χ1n) is 6.59. The summed E-state index contributed by atoms with van der Waals surface area (Å²) in [4.78, 5) is 2.31. The number of rotatable bonds is 5. The number of nitrogens with zero attached hydrogens (tertiary/aromatic N) is 1. The van der Waals surface area contributed by atoms with E-state index in [1.165, 1.54) is 5.56 Å². The van der Waals surface area contributed by atoms with Crippen molar-refractivity contribution in [2.45, 2.75) is 20.0 Å². The second-order valence-electron chi connectivity index (χ2n) is 4.76. The van der Waals surface area contributed by atoms with Crippen molar-refractivity contribution in [2.24, 2.45) is 0 Å². The maximum atomic E-state index is 6.24. The van der Waals surface area contributed by atoms with Gasteiger partial charge in [-0.05, 0) is 35.9 Å². The van der Waals surface area contributed by atoms with Crippen LogP contribution in [0.25, 0.3) is 0 Å². The van der Waals surface area contributed by atoms with Crippen molar-refractivity contribution in [3.63, 3.8) is 0 Å². The van der Waals surface area contributed by atoms with Gasteiger partial charge in [-0.25, -0.2) is 0 Å². The molecule has 2 rings (SSSR count). The van der Waals surface area contributed by atoms with Gasteiger partial charge in [0, 0.05) is 18.8 Å². The van der Waals surface area contributed by atoms with Crippen LogP contribution in [-0.2, 0) is 13.1 Å². The van der Waals surface area contributed by atoms with Gasteiger partial charge in [0.05, 0.1) is 10.0 Å². The Hall–Kier alpha value is -1.22. The summed E-state index contributed by atoms with van der Waals surface area (Å²) in [5.74, 6) is 0. The summed E-state index contributed by atoms with van der Waals surface area (Å²) in [6, 6.07) is 13.7. The third kappa shape index (κ3) is 3.89. The van der Waals surface area contributed by atoms with E-state index in [0.29, 0.717) is 10.0 Å². The summed E-state index contributed by atoms with van der Waals surface area (Å²) < 4.78 is 0. The fourth-order valence-electron chi connectivity index (χ4n) is 2.07. The number of hydrogen-bond donors (Lipinski definition) is 1. The van der Waals surface area contributed by atoms with Gasteiger partial charge in [0.15, 0.2) is 0 Å². The molecule has 0 aromatic heterocycles. The van der Waals surface area contributed by atoms with E-state index >= 15 is 0 Å². The Morgan fingerprint density at radius 1 is 1.00 bits per heavy atom. The molecular weight excluding hydrogens is 291 g/mol. The minimum absolute atomic E-state index is 0.604.